The van der Waals surface area contributed by atoms with Crippen LogP contribution in [0.3, 0.4) is 0 Å². The van der Waals surface area contributed by atoms with E-state index in [0.29, 0.717) is 16.6 Å². The van der Waals surface area contributed by atoms with E-state index in [0.717, 1.165) is 17.4 Å². The Morgan fingerprint density at radius 2 is 2.22 bits per heavy atom. The Morgan fingerprint density at radius 1 is 1.44 bits per heavy atom. The van der Waals surface area contributed by atoms with Crippen LogP contribution < -0.4 is 5.32 Å². The Bertz CT molecular complexity index is 589. The van der Waals surface area contributed by atoms with E-state index >= 15 is 0 Å². The van der Waals surface area contributed by atoms with Crippen LogP contribution in [0, 0.1) is 11.3 Å². The molecule has 1 N–H and O–H groups in total. The van der Waals surface area contributed by atoms with E-state index in [2.05, 4.69) is 29.5 Å². The molecule has 2 rings (SSSR count). The molecule has 0 spiro atoms. The lowest BCUT2D eigenvalue weighted by atomic mass is 10.1. The van der Waals surface area contributed by atoms with Crippen LogP contribution in [0.1, 0.15) is 12.5 Å². The number of fused-ring (bicyclic) bond motifs is 1. The van der Waals surface area contributed by atoms with Gasteiger partial charge in [0.05, 0.1) is 11.1 Å². The Balaban J connectivity index is 2.34. The fourth-order valence-electron chi connectivity index (χ4n) is 1.66. The summed E-state index contributed by atoms with van der Waals surface area (Å²) < 4.78 is 0. The summed E-state index contributed by atoms with van der Waals surface area (Å²) in [6, 6.07) is 11.9. The monoisotopic (exact) mass is 257 g/mol. The second kappa shape index (κ2) is 5.74. The number of para-hydroxylation sites is 1. The molecule has 0 bridgehead atoms. The van der Waals surface area contributed by atoms with Crippen molar-refractivity contribution in [1.82, 2.24) is 4.98 Å². The normalized spacial score (nSPS) is 12.1. The van der Waals surface area contributed by atoms with E-state index in [9.17, 15) is 0 Å². The van der Waals surface area contributed by atoms with E-state index in [1.807, 2.05) is 30.3 Å². The molecule has 1 atom stereocenters. The number of hydrogen-bond donors (Lipinski definition) is 1. The van der Waals surface area contributed by atoms with Crippen LogP contribution in [0.2, 0.25) is 0 Å². The highest BCUT2D eigenvalue weighted by molar-refractivity contribution is 7.99. The van der Waals surface area contributed by atoms with Crippen LogP contribution in [0.15, 0.2) is 30.3 Å². The van der Waals surface area contributed by atoms with Gasteiger partial charge in [0.1, 0.15) is 11.9 Å². The van der Waals surface area contributed by atoms with Crippen molar-refractivity contribution >= 4 is 28.5 Å². The first-order chi connectivity index (χ1) is 8.74. The predicted molar refractivity (Wildman–Crippen MR) is 77.9 cm³/mol. The first kappa shape index (κ1) is 12.7. The molecular weight excluding hydrogens is 242 g/mol. The van der Waals surface area contributed by atoms with E-state index < -0.39 is 0 Å². The van der Waals surface area contributed by atoms with Crippen molar-refractivity contribution in [3.63, 3.8) is 0 Å². The number of nitrogens with zero attached hydrogens (tertiary/aromatic N) is 2. The molecule has 92 valence electrons. The summed E-state index contributed by atoms with van der Waals surface area (Å²) in [4.78, 5) is 4.51. The highest BCUT2D eigenvalue weighted by atomic mass is 32.2. The maximum Gasteiger partial charge on any atom is 0.144 e. The van der Waals surface area contributed by atoms with Crippen molar-refractivity contribution in [2.45, 2.75) is 12.2 Å². The fraction of sp³-hybridized carbons (Fsp3) is 0.286. The summed E-state index contributed by atoms with van der Waals surface area (Å²) in [6.07, 6.45) is 2.07. The zero-order valence-corrected chi connectivity index (χ0v) is 11.3. The highest BCUT2D eigenvalue weighted by Crippen LogP contribution is 2.20. The average molecular weight is 257 g/mol. The Hall–Kier alpha value is -1.73. The largest absolute Gasteiger partial charge is 0.368 e. The molecular formula is C14H15N3S. The lowest BCUT2D eigenvalue weighted by molar-refractivity contribution is 0.993. The van der Waals surface area contributed by atoms with Gasteiger partial charge in [0.2, 0.25) is 0 Å². The van der Waals surface area contributed by atoms with E-state index in [1.165, 1.54) is 0 Å². The number of nitriles is 1. The standard InChI is InChI=1S/C14H15N3S/c1-10(18-2)9-16-14-12(8-15)7-11-5-3-4-6-13(11)17-14/h3-7,10H,9H2,1-2H3,(H,16,17). The molecule has 0 amide bonds. The van der Waals surface area contributed by atoms with E-state index in [4.69, 9.17) is 5.26 Å². The summed E-state index contributed by atoms with van der Waals surface area (Å²) in [5.74, 6) is 0.678. The van der Waals surface area contributed by atoms with Crippen LogP contribution in [-0.2, 0) is 0 Å². The lowest BCUT2D eigenvalue weighted by Crippen LogP contribution is -2.14. The minimum Gasteiger partial charge on any atom is -0.368 e. The summed E-state index contributed by atoms with van der Waals surface area (Å²) in [7, 11) is 0. The number of pyridine rings is 1. The zero-order chi connectivity index (χ0) is 13.0. The van der Waals surface area contributed by atoms with Gasteiger partial charge in [0, 0.05) is 17.2 Å². The maximum atomic E-state index is 9.17. The van der Waals surface area contributed by atoms with Gasteiger partial charge in [-0.3, -0.25) is 0 Å². The van der Waals surface area contributed by atoms with Gasteiger partial charge in [-0.05, 0) is 18.4 Å². The smallest absolute Gasteiger partial charge is 0.144 e. The molecule has 2 aromatic rings. The number of anilines is 1. The number of hydrogen-bond acceptors (Lipinski definition) is 4. The first-order valence-electron chi connectivity index (χ1n) is 5.81. The molecule has 1 heterocycles. The minimum absolute atomic E-state index is 0.491. The second-order valence-electron chi connectivity index (χ2n) is 4.12. The maximum absolute atomic E-state index is 9.17. The summed E-state index contributed by atoms with van der Waals surface area (Å²) >= 11 is 1.79. The van der Waals surface area contributed by atoms with Crippen molar-refractivity contribution in [2.75, 3.05) is 18.1 Å². The third-order valence-corrected chi connectivity index (χ3v) is 3.78. The zero-order valence-electron chi connectivity index (χ0n) is 10.5. The highest BCUT2D eigenvalue weighted by Gasteiger charge is 2.07. The lowest BCUT2D eigenvalue weighted by Gasteiger charge is -2.12. The number of thioether (sulfide) groups is 1. The van der Waals surface area contributed by atoms with Crippen LogP contribution in [0.5, 0.6) is 0 Å². The van der Waals surface area contributed by atoms with E-state index in [-0.39, 0.29) is 0 Å². The molecule has 0 saturated heterocycles. The molecule has 1 aromatic carbocycles. The molecule has 0 aliphatic carbocycles. The molecule has 0 saturated carbocycles. The van der Waals surface area contributed by atoms with Gasteiger partial charge in [-0.1, -0.05) is 25.1 Å². The Morgan fingerprint density at radius 3 is 2.94 bits per heavy atom. The molecule has 3 nitrogen and oxygen atoms in total. The molecule has 1 unspecified atom stereocenters. The first-order valence-corrected chi connectivity index (χ1v) is 7.10. The van der Waals surface area contributed by atoms with Gasteiger partial charge >= 0.3 is 0 Å². The number of benzene rings is 1. The molecule has 0 fully saturated rings. The van der Waals surface area contributed by atoms with Gasteiger partial charge < -0.3 is 5.32 Å². The molecule has 0 aliphatic heterocycles. The third-order valence-electron chi connectivity index (χ3n) is 2.80. The van der Waals surface area contributed by atoms with Crippen LogP contribution in [-0.4, -0.2) is 23.0 Å². The topological polar surface area (TPSA) is 48.7 Å². The average Bonchev–Trinajstić information content (AvgIpc) is 2.43. The van der Waals surface area contributed by atoms with E-state index in [1.54, 1.807) is 11.8 Å². The molecule has 0 radical (unpaired) electrons. The van der Waals surface area contributed by atoms with Crippen molar-refractivity contribution in [2.24, 2.45) is 0 Å². The van der Waals surface area contributed by atoms with Gasteiger partial charge in [-0.2, -0.15) is 17.0 Å². The van der Waals surface area contributed by atoms with Gasteiger partial charge in [0.15, 0.2) is 0 Å². The molecule has 0 aliphatic rings. The van der Waals surface area contributed by atoms with Crippen LogP contribution in [0.4, 0.5) is 5.82 Å². The Kier molecular flexibility index (Phi) is 4.06. The van der Waals surface area contributed by atoms with Crippen molar-refractivity contribution in [3.8, 4) is 6.07 Å². The molecule has 4 heteroatoms. The van der Waals surface area contributed by atoms with Crippen molar-refractivity contribution < 1.29 is 0 Å². The van der Waals surface area contributed by atoms with Crippen molar-refractivity contribution in [3.05, 3.63) is 35.9 Å². The molecule has 1 aromatic heterocycles. The van der Waals surface area contributed by atoms with Crippen LogP contribution >= 0.6 is 11.8 Å². The number of rotatable bonds is 4. The minimum atomic E-state index is 0.491. The van der Waals surface area contributed by atoms with Gasteiger partial charge in [-0.15, -0.1) is 0 Å². The number of aromatic nitrogens is 1. The second-order valence-corrected chi connectivity index (χ2v) is 5.39. The summed E-state index contributed by atoms with van der Waals surface area (Å²) in [5.41, 5.74) is 1.51. The quantitative estimate of drug-likeness (QED) is 0.913. The van der Waals surface area contributed by atoms with Crippen molar-refractivity contribution in [1.29, 1.82) is 5.26 Å². The predicted octanol–water partition coefficient (Wildman–Crippen LogP) is 3.27. The summed E-state index contributed by atoms with van der Waals surface area (Å²) in [5, 5.41) is 13.9. The molecule has 18 heavy (non-hydrogen) atoms. The van der Waals surface area contributed by atoms with Gasteiger partial charge in [0.25, 0.3) is 0 Å². The van der Waals surface area contributed by atoms with Crippen LogP contribution in [0.25, 0.3) is 10.9 Å². The number of nitrogens with one attached hydrogen (secondary N) is 1. The Labute approximate surface area is 111 Å². The fourth-order valence-corrected chi connectivity index (χ4v) is 1.91. The summed E-state index contributed by atoms with van der Waals surface area (Å²) in [6.45, 7) is 2.95. The van der Waals surface area contributed by atoms with Gasteiger partial charge in [-0.25, -0.2) is 4.98 Å². The third kappa shape index (κ3) is 2.74. The SMILES string of the molecule is CSC(C)CNc1nc2ccccc2cc1C#N.